The molecule has 0 N–H and O–H groups in total. The number of aryl methyl sites for hydroxylation is 1. The molecule has 3 rings (SSSR count). The average molecular weight is 269 g/mol. The molecule has 0 bridgehead atoms. The van der Waals surface area contributed by atoms with Gasteiger partial charge in [0.15, 0.2) is 0 Å². The standard InChI is InChI=1S/C16H20BNO2/c1-11-13(10-12-8-6-7-9-14(12)18-11)17-19-15(2,3)16(4,5)20-17/h6-10H,1-5H3. The minimum Gasteiger partial charge on any atom is -0.399 e. The maximum absolute atomic E-state index is 6.12. The van der Waals surface area contributed by atoms with E-state index in [2.05, 4.69) is 44.8 Å². The van der Waals surface area contributed by atoms with Crippen molar-refractivity contribution in [2.75, 3.05) is 0 Å². The van der Waals surface area contributed by atoms with E-state index in [-0.39, 0.29) is 18.3 Å². The lowest BCUT2D eigenvalue weighted by Crippen LogP contribution is -2.41. The highest BCUT2D eigenvalue weighted by molar-refractivity contribution is 6.62. The van der Waals surface area contributed by atoms with Crippen LogP contribution in [0.4, 0.5) is 0 Å². The van der Waals surface area contributed by atoms with Crippen molar-refractivity contribution in [2.45, 2.75) is 45.8 Å². The van der Waals surface area contributed by atoms with Crippen molar-refractivity contribution >= 4 is 23.5 Å². The topological polar surface area (TPSA) is 31.4 Å². The van der Waals surface area contributed by atoms with Crippen LogP contribution < -0.4 is 5.46 Å². The van der Waals surface area contributed by atoms with Crippen molar-refractivity contribution in [2.24, 2.45) is 0 Å². The zero-order valence-corrected chi connectivity index (χ0v) is 12.7. The Labute approximate surface area is 120 Å². The molecule has 1 aliphatic rings. The molecule has 20 heavy (non-hydrogen) atoms. The third-order valence-electron chi connectivity index (χ3n) is 4.46. The van der Waals surface area contributed by atoms with Crippen LogP contribution in [-0.2, 0) is 9.31 Å². The van der Waals surface area contributed by atoms with E-state index in [0.29, 0.717) is 0 Å². The van der Waals surface area contributed by atoms with Gasteiger partial charge in [-0.05, 0) is 46.1 Å². The Bertz CT molecular complexity index is 651. The first-order valence-corrected chi connectivity index (χ1v) is 7.02. The SMILES string of the molecule is Cc1nc2ccccc2cc1B1OC(C)(C)C(C)(C)O1. The Morgan fingerprint density at radius 3 is 2.25 bits per heavy atom. The fourth-order valence-corrected chi connectivity index (χ4v) is 2.44. The van der Waals surface area contributed by atoms with Crippen LogP contribution in [0.1, 0.15) is 33.4 Å². The van der Waals surface area contributed by atoms with Crippen LogP contribution in [0.3, 0.4) is 0 Å². The summed E-state index contributed by atoms with van der Waals surface area (Å²) in [5.41, 5.74) is 2.33. The Kier molecular flexibility index (Phi) is 2.92. The molecule has 0 aliphatic carbocycles. The predicted octanol–water partition coefficient (Wildman–Crippen LogP) is 2.84. The number of nitrogens with zero attached hydrogens (tertiary/aromatic N) is 1. The molecule has 0 saturated carbocycles. The number of benzene rings is 1. The van der Waals surface area contributed by atoms with Crippen molar-refractivity contribution < 1.29 is 9.31 Å². The van der Waals surface area contributed by atoms with Gasteiger partial charge in [0.1, 0.15) is 0 Å². The molecular weight excluding hydrogens is 249 g/mol. The first kappa shape index (κ1) is 13.6. The molecule has 2 heterocycles. The number of rotatable bonds is 1. The Balaban J connectivity index is 2.05. The van der Waals surface area contributed by atoms with Gasteiger partial charge in [-0.2, -0.15) is 0 Å². The third-order valence-corrected chi connectivity index (χ3v) is 4.46. The lowest BCUT2D eigenvalue weighted by atomic mass is 9.77. The predicted molar refractivity (Wildman–Crippen MR) is 82.2 cm³/mol. The van der Waals surface area contributed by atoms with Gasteiger partial charge in [-0.3, -0.25) is 4.98 Å². The summed E-state index contributed by atoms with van der Waals surface area (Å²) in [6.07, 6.45) is 0. The van der Waals surface area contributed by atoms with E-state index < -0.39 is 0 Å². The summed E-state index contributed by atoms with van der Waals surface area (Å²) < 4.78 is 12.2. The Morgan fingerprint density at radius 2 is 1.60 bits per heavy atom. The Hall–Kier alpha value is -1.39. The second-order valence-electron chi connectivity index (χ2n) is 6.44. The van der Waals surface area contributed by atoms with Gasteiger partial charge in [-0.25, -0.2) is 0 Å². The quantitative estimate of drug-likeness (QED) is 0.746. The van der Waals surface area contributed by atoms with E-state index in [1.54, 1.807) is 0 Å². The zero-order chi connectivity index (χ0) is 14.5. The molecule has 3 nitrogen and oxygen atoms in total. The van der Waals surface area contributed by atoms with E-state index >= 15 is 0 Å². The van der Waals surface area contributed by atoms with Crippen LogP contribution in [-0.4, -0.2) is 23.3 Å². The third kappa shape index (κ3) is 2.04. The first-order chi connectivity index (χ1) is 9.30. The highest BCUT2D eigenvalue weighted by Crippen LogP contribution is 2.36. The number of fused-ring (bicyclic) bond motifs is 1. The second kappa shape index (κ2) is 4.30. The summed E-state index contributed by atoms with van der Waals surface area (Å²) in [5.74, 6) is 0. The van der Waals surface area contributed by atoms with Gasteiger partial charge in [-0.1, -0.05) is 24.3 Å². The van der Waals surface area contributed by atoms with E-state index in [0.717, 1.165) is 22.1 Å². The van der Waals surface area contributed by atoms with Crippen LogP contribution in [0, 0.1) is 6.92 Å². The van der Waals surface area contributed by atoms with Gasteiger partial charge < -0.3 is 9.31 Å². The van der Waals surface area contributed by atoms with E-state index in [1.807, 2.05) is 25.1 Å². The molecule has 0 radical (unpaired) electrons. The van der Waals surface area contributed by atoms with Crippen LogP contribution >= 0.6 is 0 Å². The monoisotopic (exact) mass is 269 g/mol. The maximum atomic E-state index is 6.12. The molecule has 2 aromatic rings. The van der Waals surface area contributed by atoms with Crippen molar-refractivity contribution in [3.8, 4) is 0 Å². The molecule has 1 aromatic heterocycles. The first-order valence-electron chi connectivity index (χ1n) is 7.02. The molecule has 104 valence electrons. The molecule has 0 spiro atoms. The summed E-state index contributed by atoms with van der Waals surface area (Å²) in [4.78, 5) is 4.66. The highest BCUT2D eigenvalue weighted by Gasteiger charge is 2.52. The molecule has 0 amide bonds. The van der Waals surface area contributed by atoms with Crippen molar-refractivity contribution in [3.05, 3.63) is 36.0 Å². The fourth-order valence-electron chi connectivity index (χ4n) is 2.44. The Morgan fingerprint density at radius 1 is 1.00 bits per heavy atom. The average Bonchev–Trinajstić information content (AvgIpc) is 2.57. The van der Waals surface area contributed by atoms with Crippen LogP contribution in [0.15, 0.2) is 30.3 Å². The van der Waals surface area contributed by atoms with Crippen molar-refractivity contribution in [3.63, 3.8) is 0 Å². The number of pyridine rings is 1. The van der Waals surface area contributed by atoms with Gasteiger partial charge in [0.05, 0.1) is 16.7 Å². The molecule has 0 atom stereocenters. The lowest BCUT2D eigenvalue weighted by molar-refractivity contribution is 0.00578. The highest BCUT2D eigenvalue weighted by atomic mass is 16.7. The fraction of sp³-hybridized carbons (Fsp3) is 0.438. The molecule has 4 heteroatoms. The number of hydrogen-bond acceptors (Lipinski definition) is 3. The minimum atomic E-state index is -0.350. The van der Waals surface area contributed by atoms with E-state index in [4.69, 9.17) is 9.31 Å². The summed E-state index contributed by atoms with van der Waals surface area (Å²) >= 11 is 0. The van der Waals surface area contributed by atoms with Crippen LogP contribution in [0.25, 0.3) is 10.9 Å². The van der Waals surface area contributed by atoms with E-state index in [9.17, 15) is 0 Å². The van der Waals surface area contributed by atoms with Crippen LogP contribution in [0.2, 0.25) is 0 Å². The van der Waals surface area contributed by atoms with Gasteiger partial charge in [0, 0.05) is 11.2 Å². The summed E-state index contributed by atoms with van der Waals surface area (Å²) in [6.45, 7) is 10.3. The molecule has 1 aromatic carbocycles. The van der Waals surface area contributed by atoms with Crippen LogP contribution in [0.5, 0.6) is 0 Å². The van der Waals surface area contributed by atoms with Crippen molar-refractivity contribution in [1.29, 1.82) is 0 Å². The molecular formula is C16H20BNO2. The zero-order valence-electron chi connectivity index (χ0n) is 12.7. The van der Waals surface area contributed by atoms with Crippen molar-refractivity contribution in [1.82, 2.24) is 4.98 Å². The summed E-state index contributed by atoms with van der Waals surface area (Å²) in [5, 5.41) is 1.11. The normalized spacial score (nSPS) is 20.6. The lowest BCUT2D eigenvalue weighted by Gasteiger charge is -2.32. The number of para-hydroxylation sites is 1. The number of hydrogen-bond donors (Lipinski definition) is 0. The second-order valence-corrected chi connectivity index (χ2v) is 6.44. The molecule has 1 fully saturated rings. The largest absolute Gasteiger partial charge is 0.496 e. The number of aromatic nitrogens is 1. The van der Waals surface area contributed by atoms with Gasteiger partial charge in [0.25, 0.3) is 0 Å². The summed E-state index contributed by atoms with van der Waals surface area (Å²) in [7, 11) is -0.350. The van der Waals surface area contributed by atoms with E-state index in [1.165, 1.54) is 0 Å². The molecule has 1 aliphatic heterocycles. The molecule has 1 saturated heterocycles. The van der Waals surface area contributed by atoms with Gasteiger partial charge in [-0.15, -0.1) is 0 Å². The van der Waals surface area contributed by atoms with Gasteiger partial charge in [0.2, 0.25) is 0 Å². The summed E-state index contributed by atoms with van der Waals surface area (Å²) in [6, 6.07) is 10.2. The molecule has 0 unspecified atom stereocenters. The minimum absolute atomic E-state index is 0.324. The van der Waals surface area contributed by atoms with Gasteiger partial charge >= 0.3 is 7.12 Å². The smallest absolute Gasteiger partial charge is 0.399 e. The maximum Gasteiger partial charge on any atom is 0.496 e.